The third-order valence-corrected chi connectivity index (χ3v) is 4.32. The Morgan fingerprint density at radius 2 is 1.92 bits per heavy atom. The van der Waals surface area contributed by atoms with Gasteiger partial charge in [0.25, 0.3) is 5.91 Å². The lowest BCUT2D eigenvalue weighted by Crippen LogP contribution is -2.44. The number of benzene rings is 2. The van der Waals surface area contributed by atoms with Gasteiger partial charge >= 0.3 is 0 Å². The van der Waals surface area contributed by atoms with Gasteiger partial charge in [0.15, 0.2) is 0 Å². The monoisotopic (exact) mass is 376 g/mol. The van der Waals surface area contributed by atoms with Crippen molar-refractivity contribution in [2.24, 2.45) is 0 Å². The van der Waals surface area contributed by atoms with Gasteiger partial charge in [-0.2, -0.15) is 11.8 Å². The summed E-state index contributed by atoms with van der Waals surface area (Å²) >= 11 is 1.58. The molecule has 0 heterocycles. The lowest BCUT2D eigenvalue weighted by Gasteiger charge is -2.18. The molecule has 0 saturated heterocycles. The summed E-state index contributed by atoms with van der Waals surface area (Å²) in [5, 5.41) is 5.39. The van der Waals surface area contributed by atoms with Gasteiger partial charge in [0.1, 0.15) is 17.6 Å². The van der Waals surface area contributed by atoms with E-state index in [-0.39, 0.29) is 11.8 Å². The molecule has 5 nitrogen and oxygen atoms in total. The second kappa shape index (κ2) is 9.82. The summed E-state index contributed by atoms with van der Waals surface area (Å²) in [5.41, 5.74) is 0.779. The number of ether oxygens (including phenoxy) is 1. The summed E-state index contributed by atoms with van der Waals surface area (Å²) in [4.78, 5) is 24.9. The first-order valence-corrected chi connectivity index (χ1v) is 9.43. The maximum atomic E-state index is 13.3. The molecule has 0 radical (unpaired) electrons. The minimum Gasteiger partial charge on any atom is -0.497 e. The summed E-state index contributed by atoms with van der Waals surface area (Å²) < 4.78 is 18.3. The van der Waals surface area contributed by atoms with Crippen molar-refractivity contribution in [3.05, 3.63) is 59.9 Å². The topological polar surface area (TPSA) is 67.4 Å². The molecule has 0 bridgehead atoms. The van der Waals surface area contributed by atoms with Crippen LogP contribution in [-0.4, -0.2) is 37.0 Å². The Morgan fingerprint density at radius 1 is 1.19 bits per heavy atom. The van der Waals surface area contributed by atoms with E-state index in [2.05, 4.69) is 10.6 Å². The molecule has 0 spiro atoms. The van der Waals surface area contributed by atoms with Gasteiger partial charge in [-0.3, -0.25) is 9.59 Å². The first-order chi connectivity index (χ1) is 12.5. The molecular weight excluding hydrogens is 355 g/mol. The van der Waals surface area contributed by atoms with Crippen LogP contribution in [-0.2, 0) is 4.79 Å². The second-order valence-corrected chi connectivity index (χ2v) is 6.52. The van der Waals surface area contributed by atoms with Gasteiger partial charge in [-0.05, 0) is 60.9 Å². The number of carbonyl (C=O) groups is 2. The number of anilines is 1. The van der Waals surface area contributed by atoms with Crippen LogP contribution < -0.4 is 15.4 Å². The molecule has 0 aromatic heterocycles. The van der Waals surface area contributed by atoms with Crippen molar-refractivity contribution in [2.45, 2.75) is 12.5 Å². The molecule has 2 amide bonds. The van der Waals surface area contributed by atoms with Crippen LogP contribution in [0.15, 0.2) is 48.5 Å². The molecule has 2 aromatic rings. The predicted octanol–water partition coefficient (Wildman–Crippen LogP) is 3.32. The minimum atomic E-state index is -0.722. The molecule has 2 aromatic carbocycles. The molecule has 7 heteroatoms. The average molecular weight is 376 g/mol. The first kappa shape index (κ1) is 19.8. The summed E-state index contributed by atoms with van der Waals surface area (Å²) in [6.45, 7) is 0. The fourth-order valence-electron chi connectivity index (χ4n) is 2.28. The van der Waals surface area contributed by atoms with E-state index in [9.17, 15) is 14.0 Å². The standard InChI is InChI=1S/C19H21FN2O3S/c1-25-16-8-6-13(7-9-16)18(23)22-17(10-11-26-2)19(24)21-15-5-3-4-14(20)12-15/h3-9,12,17H,10-11H2,1-2H3,(H,21,24)(H,22,23)/t17-/m0/s1. The van der Waals surface area contributed by atoms with E-state index in [4.69, 9.17) is 4.74 Å². The van der Waals surface area contributed by atoms with E-state index in [0.717, 1.165) is 0 Å². The number of carbonyl (C=O) groups excluding carboxylic acids is 2. The van der Waals surface area contributed by atoms with Gasteiger partial charge in [-0.25, -0.2) is 4.39 Å². The van der Waals surface area contributed by atoms with Crippen molar-refractivity contribution in [1.82, 2.24) is 5.32 Å². The summed E-state index contributed by atoms with van der Waals surface area (Å²) in [6, 6.07) is 11.5. The van der Waals surface area contributed by atoms with E-state index in [1.807, 2.05) is 6.26 Å². The largest absolute Gasteiger partial charge is 0.497 e. The van der Waals surface area contributed by atoms with E-state index in [1.54, 1.807) is 49.2 Å². The van der Waals surface area contributed by atoms with E-state index in [0.29, 0.717) is 29.2 Å². The number of hydrogen-bond acceptors (Lipinski definition) is 4. The van der Waals surface area contributed by atoms with Crippen molar-refractivity contribution >= 4 is 29.3 Å². The van der Waals surface area contributed by atoms with Crippen LogP contribution in [0.2, 0.25) is 0 Å². The molecule has 0 saturated carbocycles. The number of thioether (sulfide) groups is 1. The van der Waals surface area contributed by atoms with E-state index >= 15 is 0 Å². The van der Waals surface area contributed by atoms with Crippen LogP contribution in [0.3, 0.4) is 0 Å². The van der Waals surface area contributed by atoms with E-state index in [1.165, 1.54) is 18.2 Å². The Kier molecular flexibility index (Phi) is 7.47. The van der Waals surface area contributed by atoms with Crippen LogP contribution in [0.1, 0.15) is 16.8 Å². The summed E-state index contributed by atoms with van der Waals surface area (Å²) in [5.74, 6) is 0.166. The van der Waals surface area contributed by atoms with Crippen LogP contribution in [0.5, 0.6) is 5.75 Å². The van der Waals surface area contributed by atoms with Gasteiger partial charge in [-0.1, -0.05) is 6.07 Å². The lowest BCUT2D eigenvalue weighted by atomic mass is 10.1. The molecule has 2 N–H and O–H groups in total. The van der Waals surface area contributed by atoms with Crippen molar-refractivity contribution in [3.63, 3.8) is 0 Å². The van der Waals surface area contributed by atoms with Gasteiger partial charge in [0.05, 0.1) is 7.11 Å². The molecule has 0 aliphatic rings. The highest BCUT2D eigenvalue weighted by atomic mass is 32.2. The Hall–Kier alpha value is -2.54. The van der Waals surface area contributed by atoms with Crippen LogP contribution in [0.25, 0.3) is 0 Å². The Morgan fingerprint density at radius 3 is 2.54 bits per heavy atom. The molecule has 2 rings (SSSR count). The predicted molar refractivity (Wildman–Crippen MR) is 102 cm³/mol. The van der Waals surface area contributed by atoms with Gasteiger partial charge in [0.2, 0.25) is 5.91 Å². The molecule has 0 unspecified atom stereocenters. The molecule has 0 fully saturated rings. The maximum absolute atomic E-state index is 13.3. The Bertz CT molecular complexity index is 753. The molecule has 138 valence electrons. The third kappa shape index (κ3) is 5.77. The molecule has 0 aliphatic heterocycles. The zero-order chi connectivity index (χ0) is 18.9. The number of rotatable bonds is 8. The molecule has 0 aliphatic carbocycles. The number of hydrogen-bond donors (Lipinski definition) is 2. The normalized spacial score (nSPS) is 11.5. The van der Waals surface area contributed by atoms with Crippen molar-refractivity contribution in [2.75, 3.05) is 24.4 Å². The highest BCUT2D eigenvalue weighted by Crippen LogP contribution is 2.13. The maximum Gasteiger partial charge on any atom is 0.251 e. The van der Waals surface area contributed by atoms with Crippen LogP contribution in [0.4, 0.5) is 10.1 Å². The smallest absolute Gasteiger partial charge is 0.251 e. The number of nitrogens with one attached hydrogen (secondary N) is 2. The van der Waals surface area contributed by atoms with Crippen molar-refractivity contribution in [1.29, 1.82) is 0 Å². The zero-order valence-electron chi connectivity index (χ0n) is 14.6. The second-order valence-electron chi connectivity index (χ2n) is 5.54. The molecule has 1 atom stereocenters. The van der Waals surface area contributed by atoms with Gasteiger partial charge < -0.3 is 15.4 Å². The number of amides is 2. The fourth-order valence-corrected chi connectivity index (χ4v) is 2.76. The van der Waals surface area contributed by atoms with Crippen LogP contribution >= 0.6 is 11.8 Å². The zero-order valence-corrected chi connectivity index (χ0v) is 15.4. The van der Waals surface area contributed by atoms with Crippen LogP contribution in [0, 0.1) is 5.82 Å². The average Bonchev–Trinajstić information content (AvgIpc) is 2.65. The highest BCUT2D eigenvalue weighted by Gasteiger charge is 2.21. The summed E-state index contributed by atoms with van der Waals surface area (Å²) in [6.07, 6.45) is 2.39. The molecule has 26 heavy (non-hydrogen) atoms. The number of methoxy groups -OCH3 is 1. The molecular formula is C19H21FN2O3S. The minimum absolute atomic E-state index is 0.350. The quantitative estimate of drug-likeness (QED) is 0.742. The van der Waals surface area contributed by atoms with E-state index < -0.39 is 11.9 Å². The Balaban J connectivity index is 2.07. The van der Waals surface area contributed by atoms with Crippen molar-refractivity contribution < 1.29 is 18.7 Å². The Labute approximate surface area is 156 Å². The SMILES string of the molecule is COc1ccc(C(=O)N[C@@H](CCSC)C(=O)Nc2cccc(F)c2)cc1. The number of halogens is 1. The fraction of sp³-hybridized carbons (Fsp3) is 0.263. The van der Waals surface area contributed by atoms with Gasteiger partial charge in [0, 0.05) is 11.3 Å². The lowest BCUT2D eigenvalue weighted by molar-refractivity contribution is -0.118. The highest BCUT2D eigenvalue weighted by molar-refractivity contribution is 7.98. The third-order valence-electron chi connectivity index (χ3n) is 3.68. The first-order valence-electron chi connectivity index (χ1n) is 8.03. The summed E-state index contributed by atoms with van der Waals surface area (Å²) in [7, 11) is 1.55. The van der Waals surface area contributed by atoms with Crippen molar-refractivity contribution in [3.8, 4) is 5.75 Å². The van der Waals surface area contributed by atoms with Gasteiger partial charge in [-0.15, -0.1) is 0 Å².